The molecule has 0 saturated carbocycles. The van der Waals surface area contributed by atoms with Crippen molar-refractivity contribution < 1.29 is 21.6 Å². The number of sulfonamides is 1. The van der Waals surface area contributed by atoms with Crippen molar-refractivity contribution in [2.24, 2.45) is 0 Å². The molecular weight excluding hydrogens is 547 g/mol. The number of carbonyl (C=O) groups is 1. The molecule has 1 N–H and O–H groups in total. The van der Waals surface area contributed by atoms with Gasteiger partial charge in [-0.1, -0.05) is 29.5 Å². The molecule has 1 fully saturated rings. The first kappa shape index (κ1) is 28.3. The molecule has 1 saturated heterocycles. The lowest BCUT2D eigenvalue weighted by atomic mass is 10.2. The highest BCUT2D eigenvalue weighted by Gasteiger charge is 2.27. The summed E-state index contributed by atoms with van der Waals surface area (Å²) in [5, 5.41) is 10.9. The SMILES string of the molecule is CCn1c(CS(=O)(=O)c2ccc(C)cc2)nnc1SC(C)C(=O)Nc1ccc(S(=O)(=O)N2CCCC2)cc1. The van der Waals surface area contributed by atoms with E-state index in [0.29, 0.717) is 36.3 Å². The average molecular weight is 578 g/mol. The molecule has 4 rings (SSSR count). The smallest absolute Gasteiger partial charge is 0.243 e. The van der Waals surface area contributed by atoms with E-state index < -0.39 is 25.1 Å². The number of amides is 1. The van der Waals surface area contributed by atoms with Gasteiger partial charge in [0.2, 0.25) is 15.9 Å². The van der Waals surface area contributed by atoms with Crippen LogP contribution in [0.1, 0.15) is 38.1 Å². The molecule has 1 amide bonds. The molecule has 38 heavy (non-hydrogen) atoms. The van der Waals surface area contributed by atoms with Gasteiger partial charge in [-0.25, -0.2) is 16.8 Å². The van der Waals surface area contributed by atoms with Gasteiger partial charge < -0.3 is 9.88 Å². The van der Waals surface area contributed by atoms with Gasteiger partial charge >= 0.3 is 0 Å². The third-order valence-electron chi connectivity index (χ3n) is 6.28. The molecule has 1 atom stereocenters. The summed E-state index contributed by atoms with van der Waals surface area (Å²) in [6, 6.07) is 12.8. The minimum atomic E-state index is -3.61. The molecule has 0 radical (unpaired) electrons. The molecule has 13 heteroatoms. The van der Waals surface area contributed by atoms with Crippen molar-refractivity contribution in [2.75, 3.05) is 18.4 Å². The first-order valence-corrected chi connectivity index (χ1v) is 16.3. The van der Waals surface area contributed by atoms with Crippen molar-refractivity contribution in [2.45, 2.75) is 66.1 Å². The minimum Gasteiger partial charge on any atom is -0.325 e. The Morgan fingerprint density at radius 3 is 2.18 bits per heavy atom. The van der Waals surface area contributed by atoms with Gasteiger partial charge in [0.05, 0.1) is 15.0 Å². The van der Waals surface area contributed by atoms with Crippen molar-refractivity contribution in [1.29, 1.82) is 0 Å². The summed E-state index contributed by atoms with van der Waals surface area (Å²) in [7, 11) is -7.14. The van der Waals surface area contributed by atoms with E-state index in [1.165, 1.54) is 28.2 Å². The number of rotatable bonds is 10. The van der Waals surface area contributed by atoms with Crippen LogP contribution in [0.2, 0.25) is 0 Å². The number of nitrogens with one attached hydrogen (secondary N) is 1. The lowest BCUT2D eigenvalue weighted by Gasteiger charge is -2.16. The van der Waals surface area contributed by atoms with Crippen LogP contribution in [0.5, 0.6) is 0 Å². The first-order chi connectivity index (χ1) is 18.0. The van der Waals surface area contributed by atoms with Crippen LogP contribution in [0.3, 0.4) is 0 Å². The number of thioether (sulfide) groups is 1. The van der Waals surface area contributed by atoms with Crippen molar-refractivity contribution in [1.82, 2.24) is 19.1 Å². The molecule has 0 bridgehead atoms. The summed E-state index contributed by atoms with van der Waals surface area (Å²) in [5.74, 6) is -0.298. The highest BCUT2D eigenvalue weighted by molar-refractivity contribution is 8.00. The van der Waals surface area contributed by atoms with E-state index in [1.807, 2.05) is 13.8 Å². The van der Waals surface area contributed by atoms with Crippen molar-refractivity contribution >= 4 is 43.2 Å². The largest absolute Gasteiger partial charge is 0.325 e. The predicted octanol–water partition coefficient (Wildman–Crippen LogP) is 3.48. The number of benzene rings is 2. The molecule has 1 aliphatic rings. The normalized spacial score (nSPS) is 15.4. The van der Waals surface area contributed by atoms with E-state index in [1.54, 1.807) is 47.9 Å². The molecular formula is C25H31N5O5S3. The van der Waals surface area contributed by atoms with E-state index in [4.69, 9.17) is 0 Å². The second kappa shape index (κ2) is 11.6. The van der Waals surface area contributed by atoms with E-state index in [0.717, 1.165) is 18.4 Å². The van der Waals surface area contributed by atoms with Gasteiger partial charge in [-0.15, -0.1) is 10.2 Å². The molecule has 0 aliphatic carbocycles. The van der Waals surface area contributed by atoms with Crippen LogP contribution in [0.4, 0.5) is 5.69 Å². The molecule has 1 aliphatic heterocycles. The first-order valence-electron chi connectivity index (χ1n) is 12.3. The Morgan fingerprint density at radius 1 is 0.974 bits per heavy atom. The van der Waals surface area contributed by atoms with Crippen LogP contribution in [0, 0.1) is 6.92 Å². The topological polar surface area (TPSA) is 131 Å². The number of aromatic nitrogens is 3. The Bertz CT molecular complexity index is 1500. The molecule has 1 aromatic heterocycles. The van der Waals surface area contributed by atoms with E-state index >= 15 is 0 Å². The number of hydrogen-bond acceptors (Lipinski definition) is 8. The number of carbonyl (C=O) groups excluding carboxylic acids is 1. The molecule has 0 spiro atoms. The molecule has 1 unspecified atom stereocenters. The van der Waals surface area contributed by atoms with Crippen LogP contribution in [-0.4, -0.2) is 60.2 Å². The van der Waals surface area contributed by atoms with Crippen LogP contribution < -0.4 is 5.32 Å². The highest BCUT2D eigenvalue weighted by atomic mass is 32.2. The van der Waals surface area contributed by atoms with E-state index in [-0.39, 0.29) is 21.5 Å². The van der Waals surface area contributed by atoms with Gasteiger partial charge in [0.1, 0.15) is 11.6 Å². The number of aryl methyl sites for hydroxylation is 1. The van der Waals surface area contributed by atoms with E-state index in [9.17, 15) is 21.6 Å². The molecule has 2 aromatic carbocycles. The maximum absolute atomic E-state index is 12.9. The summed E-state index contributed by atoms with van der Waals surface area (Å²) in [6.45, 7) is 6.95. The van der Waals surface area contributed by atoms with Crippen LogP contribution in [0.15, 0.2) is 63.5 Å². The predicted molar refractivity (Wildman–Crippen MR) is 146 cm³/mol. The second-order valence-electron chi connectivity index (χ2n) is 9.10. The van der Waals surface area contributed by atoms with Crippen LogP contribution >= 0.6 is 11.8 Å². The van der Waals surface area contributed by atoms with Gasteiger partial charge in [-0.3, -0.25) is 4.79 Å². The van der Waals surface area contributed by atoms with Crippen molar-refractivity contribution in [3.05, 3.63) is 59.9 Å². The number of anilines is 1. The van der Waals surface area contributed by atoms with Crippen molar-refractivity contribution in [3.8, 4) is 0 Å². The Labute approximate surface area is 227 Å². The Kier molecular flexibility index (Phi) is 8.60. The average Bonchev–Trinajstić information content (AvgIpc) is 3.55. The summed E-state index contributed by atoms with van der Waals surface area (Å²) in [6.07, 6.45) is 1.72. The zero-order valence-corrected chi connectivity index (χ0v) is 23.9. The lowest BCUT2D eigenvalue weighted by Crippen LogP contribution is -2.27. The summed E-state index contributed by atoms with van der Waals surface area (Å²) in [4.78, 5) is 13.3. The van der Waals surface area contributed by atoms with Crippen LogP contribution in [-0.2, 0) is 37.0 Å². The second-order valence-corrected chi connectivity index (χ2v) is 14.3. The fourth-order valence-electron chi connectivity index (χ4n) is 4.07. The van der Waals surface area contributed by atoms with Gasteiger partial charge in [-0.2, -0.15) is 4.31 Å². The zero-order chi connectivity index (χ0) is 27.5. The third kappa shape index (κ3) is 6.28. The maximum Gasteiger partial charge on any atom is 0.243 e. The molecule has 204 valence electrons. The summed E-state index contributed by atoms with van der Waals surface area (Å²) in [5.41, 5.74) is 1.44. The number of sulfone groups is 1. The van der Waals surface area contributed by atoms with E-state index in [2.05, 4.69) is 15.5 Å². The number of hydrogen-bond donors (Lipinski definition) is 1. The highest BCUT2D eigenvalue weighted by Crippen LogP contribution is 2.26. The maximum atomic E-state index is 12.9. The quantitative estimate of drug-likeness (QED) is 0.362. The van der Waals surface area contributed by atoms with Crippen LogP contribution in [0.25, 0.3) is 0 Å². The zero-order valence-electron chi connectivity index (χ0n) is 21.5. The summed E-state index contributed by atoms with van der Waals surface area (Å²) < 4.78 is 54.4. The number of nitrogens with zero attached hydrogens (tertiary/aromatic N) is 4. The van der Waals surface area contributed by atoms with Crippen molar-refractivity contribution in [3.63, 3.8) is 0 Å². The molecule has 10 nitrogen and oxygen atoms in total. The van der Waals surface area contributed by atoms with Gasteiger partial charge in [0, 0.05) is 25.3 Å². The third-order valence-corrected chi connectivity index (χ3v) is 10.9. The standard InChI is InChI=1S/C25H31N5O5S3/c1-4-30-23(17-37(32,33)21-11-7-18(2)8-12-21)27-28-25(30)36-19(3)24(31)26-20-9-13-22(14-10-20)38(34,35)29-15-5-6-16-29/h7-14,19H,4-6,15-17H2,1-3H3,(H,26,31). The summed E-state index contributed by atoms with van der Waals surface area (Å²) >= 11 is 1.17. The van der Waals surface area contributed by atoms with Gasteiger partial charge in [-0.05, 0) is 70.0 Å². The van der Waals surface area contributed by atoms with Gasteiger partial charge in [0.25, 0.3) is 0 Å². The lowest BCUT2D eigenvalue weighted by molar-refractivity contribution is -0.115. The Morgan fingerprint density at radius 2 is 1.58 bits per heavy atom. The fraction of sp³-hybridized carbons (Fsp3) is 0.400. The minimum absolute atomic E-state index is 0.198. The monoisotopic (exact) mass is 577 g/mol. The molecule has 2 heterocycles. The fourth-order valence-corrected chi connectivity index (χ4v) is 7.79. The Hall–Kier alpha value is -2.74. The van der Waals surface area contributed by atoms with Gasteiger partial charge in [0.15, 0.2) is 15.0 Å². The molecule has 3 aromatic rings. The Balaban J connectivity index is 1.41.